The van der Waals surface area contributed by atoms with Gasteiger partial charge in [-0.1, -0.05) is 12.1 Å². The SMILES string of the molecule is NC(=O)NCc1ccc(C(=O)N2CCCNC(=O)C2)cc1. The molecule has 1 saturated heterocycles. The topological polar surface area (TPSA) is 105 Å². The van der Waals surface area contributed by atoms with E-state index < -0.39 is 6.03 Å². The summed E-state index contributed by atoms with van der Waals surface area (Å²) in [6, 6.07) is 6.28. The lowest BCUT2D eigenvalue weighted by atomic mass is 10.1. The van der Waals surface area contributed by atoms with Crippen LogP contribution in [0.3, 0.4) is 0 Å². The first-order chi connectivity index (χ1) is 10.1. The Kier molecular flexibility index (Phi) is 4.76. The Hall–Kier alpha value is -2.57. The zero-order chi connectivity index (χ0) is 15.2. The normalized spacial score (nSPS) is 15.0. The Morgan fingerprint density at radius 3 is 2.67 bits per heavy atom. The van der Waals surface area contributed by atoms with Crippen LogP contribution in [-0.2, 0) is 11.3 Å². The molecule has 0 radical (unpaired) electrons. The van der Waals surface area contributed by atoms with Gasteiger partial charge in [-0.15, -0.1) is 0 Å². The third kappa shape index (κ3) is 4.20. The smallest absolute Gasteiger partial charge is 0.312 e. The van der Waals surface area contributed by atoms with Crippen molar-refractivity contribution in [1.82, 2.24) is 15.5 Å². The maximum absolute atomic E-state index is 12.3. The van der Waals surface area contributed by atoms with E-state index in [-0.39, 0.29) is 18.4 Å². The Morgan fingerprint density at radius 1 is 1.29 bits per heavy atom. The number of nitrogens with one attached hydrogen (secondary N) is 2. The molecule has 0 unspecified atom stereocenters. The average molecular weight is 290 g/mol. The largest absolute Gasteiger partial charge is 0.354 e. The lowest BCUT2D eigenvalue weighted by molar-refractivity contribution is -0.121. The average Bonchev–Trinajstić information content (AvgIpc) is 2.69. The summed E-state index contributed by atoms with van der Waals surface area (Å²) in [6.07, 6.45) is 0.748. The minimum Gasteiger partial charge on any atom is -0.354 e. The minimum absolute atomic E-state index is 0.0871. The number of benzene rings is 1. The number of nitrogens with zero attached hydrogens (tertiary/aromatic N) is 1. The highest BCUT2D eigenvalue weighted by molar-refractivity contribution is 5.96. The molecule has 7 heteroatoms. The van der Waals surface area contributed by atoms with Crippen LogP contribution in [0.2, 0.25) is 0 Å². The number of carbonyl (C=O) groups is 3. The van der Waals surface area contributed by atoms with Crippen LogP contribution in [0.25, 0.3) is 0 Å². The lowest BCUT2D eigenvalue weighted by Crippen LogP contribution is -2.37. The van der Waals surface area contributed by atoms with Crippen LogP contribution >= 0.6 is 0 Å². The molecule has 1 aliphatic rings. The fourth-order valence-corrected chi connectivity index (χ4v) is 2.12. The van der Waals surface area contributed by atoms with Crippen LogP contribution in [0.5, 0.6) is 0 Å². The van der Waals surface area contributed by atoms with E-state index in [1.165, 1.54) is 0 Å². The van der Waals surface area contributed by atoms with Gasteiger partial charge in [-0.25, -0.2) is 4.79 Å². The van der Waals surface area contributed by atoms with Gasteiger partial charge in [0, 0.05) is 25.2 Å². The van der Waals surface area contributed by atoms with Gasteiger partial charge < -0.3 is 21.3 Å². The molecule has 0 spiro atoms. The number of hydrogen-bond donors (Lipinski definition) is 3. The second-order valence-electron chi connectivity index (χ2n) is 4.84. The van der Waals surface area contributed by atoms with E-state index in [0.717, 1.165) is 12.0 Å². The van der Waals surface area contributed by atoms with Crippen molar-refractivity contribution in [2.24, 2.45) is 5.73 Å². The number of amides is 4. The Labute approximate surface area is 122 Å². The summed E-state index contributed by atoms with van der Waals surface area (Å²) in [4.78, 5) is 36.0. The number of nitrogens with two attached hydrogens (primary N) is 1. The monoisotopic (exact) mass is 290 g/mol. The molecular formula is C14H18N4O3. The maximum atomic E-state index is 12.3. The molecule has 0 aromatic heterocycles. The highest BCUT2D eigenvalue weighted by Crippen LogP contribution is 2.09. The molecule has 2 rings (SSSR count). The molecule has 0 saturated carbocycles. The molecule has 112 valence electrons. The van der Waals surface area contributed by atoms with E-state index in [2.05, 4.69) is 10.6 Å². The lowest BCUT2D eigenvalue weighted by Gasteiger charge is -2.19. The van der Waals surface area contributed by atoms with Gasteiger partial charge >= 0.3 is 6.03 Å². The van der Waals surface area contributed by atoms with Crippen molar-refractivity contribution in [3.8, 4) is 0 Å². The van der Waals surface area contributed by atoms with Crippen LogP contribution < -0.4 is 16.4 Å². The molecule has 1 fully saturated rings. The van der Waals surface area contributed by atoms with Crippen LogP contribution in [0.1, 0.15) is 22.3 Å². The molecule has 4 amide bonds. The summed E-state index contributed by atoms with van der Waals surface area (Å²) in [5, 5.41) is 5.21. The fraction of sp³-hybridized carbons (Fsp3) is 0.357. The number of hydrogen-bond acceptors (Lipinski definition) is 3. The first-order valence-electron chi connectivity index (χ1n) is 6.74. The summed E-state index contributed by atoms with van der Waals surface area (Å²) in [7, 11) is 0. The first kappa shape index (κ1) is 14.8. The highest BCUT2D eigenvalue weighted by Gasteiger charge is 2.20. The third-order valence-corrected chi connectivity index (χ3v) is 3.22. The van der Waals surface area contributed by atoms with Crippen LogP contribution in [0.4, 0.5) is 4.79 Å². The summed E-state index contributed by atoms with van der Waals surface area (Å²) in [5.41, 5.74) is 6.36. The van der Waals surface area contributed by atoms with Crippen LogP contribution in [-0.4, -0.2) is 42.4 Å². The van der Waals surface area contributed by atoms with Gasteiger partial charge in [0.1, 0.15) is 0 Å². The Bertz CT molecular complexity index is 542. The van der Waals surface area contributed by atoms with Crippen molar-refractivity contribution < 1.29 is 14.4 Å². The predicted octanol–water partition coefficient (Wildman–Crippen LogP) is -0.183. The van der Waals surface area contributed by atoms with Crippen molar-refractivity contribution in [2.45, 2.75) is 13.0 Å². The van der Waals surface area contributed by atoms with E-state index in [9.17, 15) is 14.4 Å². The standard InChI is InChI=1S/C14H18N4O3/c15-14(21)17-8-10-2-4-11(5-3-10)13(20)18-7-1-6-16-12(19)9-18/h2-5H,1,6-9H2,(H,16,19)(H3,15,17,21). The van der Waals surface area contributed by atoms with Gasteiger partial charge in [0.05, 0.1) is 6.54 Å². The van der Waals surface area contributed by atoms with E-state index >= 15 is 0 Å². The van der Waals surface area contributed by atoms with Crippen LogP contribution in [0, 0.1) is 0 Å². The van der Waals surface area contributed by atoms with Gasteiger partial charge in [0.25, 0.3) is 5.91 Å². The van der Waals surface area contributed by atoms with Crippen molar-refractivity contribution in [3.05, 3.63) is 35.4 Å². The molecule has 4 N–H and O–H groups in total. The fourth-order valence-electron chi connectivity index (χ4n) is 2.12. The molecule has 1 heterocycles. The predicted molar refractivity (Wildman–Crippen MR) is 76.4 cm³/mol. The van der Waals surface area contributed by atoms with E-state index in [4.69, 9.17) is 5.73 Å². The molecule has 7 nitrogen and oxygen atoms in total. The molecule has 0 bridgehead atoms. The van der Waals surface area contributed by atoms with Gasteiger partial charge in [-0.3, -0.25) is 9.59 Å². The Morgan fingerprint density at radius 2 is 2.00 bits per heavy atom. The molecule has 0 aliphatic carbocycles. The zero-order valence-electron chi connectivity index (χ0n) is 11.6. The highest BCUT2D eigenvalue weighted by atomic mass is 16.2. The zero-order valence-corrected chi connectivity index (χ0v) is 11.6. The van der Waals surface area contributed by atoms with Gasteiger partial charge in [0.15, 0.2) is 0 Å². The van der Waals surface area contributed by atoms with Crippen LogP contribution in [0.15, 0.2) is 24.3 Å². The summed E-state index contributed by atoms with van der Waals surface area (Å²) in [5.74, 6) is -0.301. The van der Waals surface area contributed by atoms with Gasteiger partial charge in [-0.05, 0) is 24.1 Å². The number of rotatable bonds is 3. The molecule has 1 aromatic carbocycles. The maximum Gasteiger partial charge on any atom is 0.312 e. The molecular weight excluding hydrogens is 272 g/mol. The van der Waals surface area contributed by atoms with E-state index in [1.54, 1.807) is 29.2 Å². The number of primary amides is 1. The molecule has 1 aliphatic heterocycles. The molecule has 0 atom stereocenters. The Balaban J connectivity index is 2.01. The second kappa shape index (κ2) is 6.74. The van der Waals surface area contributed by atoms with E-state index in [1.807, 2.05) is 0 Å². The minimum atomic E-state index is -0.592. The van der Waals surface area contributed by atoms with Crippen molar-refractivity contribution in [2.75, 3.05) is 19.6 Å². The summed E-state index contributed by atoms with van der Waals surface area (Å²) < 4.78 is 0. The second-order valence-corrected chi connectivity index (χ2v) is 4.84. The van der Waals surface area contributed by atoms with Crippen molar-refractivity contribution >= 4 is 17.8 Å². The number of carbonyl (C=O) groups excluding carboxylic acids is 3. The summed E-state index contributed by atoms with van der Waals surface area (Å²) in [6.45, 7) is 1.56. The quantitative estimate of drug-likeness (QED) is 0.719. The van der Waals surface area contributed by atoms with Crippen molar-refractivity contribution in [1.29, 1.82) is 0 Å². The molecule has 21 heavy (non-hydrogen) atoms. The number of urea groups is 1. The van der Waals surface area contributed by atoms with Gasteiger partial charge in [-0.2, -0.15) is 0 Å². The van der Waals surface area contributed by atoms with E-state index in [0.29, 0.717) is 25.2 Å². The third-order valence-electron chi connectivity index (χ3n) is 3.22. The first-order valence-corrected chi connectivity index (χ1v) is 6.74. The van der Waals surface area contributed by atoms with Gasteiger partial charge in [0.2, 0.25) is 5.91 Å². The molecule has 1 aromatic rings. The summed E-state index contributed by atoms with van der Waals surface area (Å²) >= 11 is 0. The van der Waals surface area contributed by atoms with Crippen molar-refractivity contribution in [3.63, 3.8) is 0 Å².